The Labute approximate surface area is 72.3 Å². The first-order valence-electron chi connectivity index (χ1n) is 4.71. The second-order valence-corrected chi connectivity index (χ2v) is 4.19. The lowest BCUT2D eigenvalue weighted by molar-refractivity contribution is -0.129. The zero-order chi connectivity index (χ0) is 8.72. The van der Waals surface area contributed by atoms with Crippen molar-refractivity contribution in [3.8, 4) is 0 Å². The third-order valence-electron chi connectivity index (χ3n) is 3.32. The molecule has 3 atom stereocenters. The zero-order valence-corrected chi connectivity index (χ0v) is 7.38. The summed E-state index contributed by atoms with van der Waals surface area (Å²) in [5.74, 6) is 1.51. The summed E-state index contributed by atoms with van der Waals surface area (Å²) < 4.78 is 0. The molecular formula is C10H14O2. The summed E-state index contributed by atoms with van der Waals surface area (Å²) >= 11 is 0. The van der Waals surface area contributed by atoms with Crippen LogP contribution in [0.1, 0.15) is 32.6 Å². The van der Waals surface area contributed by atoms with E-state index in [1.807, 2.05) is 0 Å². The van der Waals surface area contributed by atoms with Crippen molar-refractivity contribution >= 4 is 11.6 Å². The molecule has 12 heavy (non-hydrogen) atoms. The Morgan fingerprint density at radius 1 is 1.50 bits per heavy atom. The topological polar surface area (TPSA) is 34.1 Å². The molecule has 2 aliphatic carbocycles. The number of carbonyl (C=O) groups is 2. The highest BCUT2D eigenvalue weighted by molar-refractivity contribution is 5.91. The molecule has 0 heterocycles. The van der Waals surface area contributed by atoms with Crippen LogP contribution in [0.15, 0.2) is 0 Å². The average Bonchev–Trinajstić information content (AvgIpc) is 2.53. The van der Waals surface area contributed by atoms with Gasteiger partial charge in [0.2, 0.25) is 0 Å². The van der Waals surface area contributed by atoms with E-state index in [1.165, 1.54) is 6.42 Å². The van der Waals surface area contributed by atoms with Gasteiger partial charge in [-0.25, -0.2) is 0 Å². The Hall–Kier alpha value is -0.660. The van der Waals surface area contributed by atoms with Crippen LogP contribution in [0, 0.1) is 17.8 Å². The molecule has 66 valence electrons. The van der Waals surface area contributed by atoms with E-state index in [0.29, 0.717) is 24.0 Å². The van der Waals surface area contributed by atoms with E-state index in [2.05, 4.69) is 0 Å². The van der Waals surface area contributed by atoms with E-state index in [4.69, 9.17) is 0 Å². The molecule has 0 N–H and O–H groups in total. The third kappa shape index (κ3) is 1.10. The third-order valence-corrected chi connectivity index (χ3v) is 3.32. The average molecular weight is 166 g/mol. The highest BCUT2D eigenvalue weighted by Gasteiger charge is 2.46. The van der Waals surface area contributed by atoms with E-state index >= 15 is 0 Å². The van der Waals surface area contributed by atoms with Crippen LogP contribution in [0.25, 0.3) is 0 Å². The monoisotopic (exact) mass is 166 g/mol. The van der Waals surface area contributed by atoms with Crippen LogP contribution >= 0.6 is 0 Å². The summed E-state index contributed by atoms with van der Waals surface area (Å²) in [6.07, 6.45) is 3.82. The maximum absolute atomic E-state index is 11.6. The van der Waals surface area contributed by atoms with Gasteiger partial charge in [-0.1, -0.05) is 0 Å². The summed E-state index contributed by atoms with van der Waals surface area (Å²) in [5.41, 5.74) is 0. The molecule has 2 nitrogen and oxygen atoms in total. The molecule has 0 spiro atoms. The Morgan fingerprint density at radius 3 is 2.75 bits per heavy atom. The summed E-state index contributed by atoms with van der Waals surface area (Å²) in [6.45, 7) is 1.58. The number of fused-ring (bicyclic) bond motifs is 2. The van der Waals surface area contributed by atoms with Crippen LogP contribution in [0.2, 0.25) is 0 Å². The van der Waals surface area contributed by atoms with Gasteiger partial charge in [0.15, 0.2) is 0 Å². The van der Waals surface area contributed by atoms with Gasteiger partial charge in [-0.2, -0.15) is 0 Å². The maximum atomic E-state index is 11.6. The Balaban J connectivity index is 2.07. The molecular weight excluding hydrogens is 152 g/mol. The van der Waals surface area contributed by atoms with Gasteiger partial charge in [0.1, 0.15) is 11.6 Å². The molecule has 0 aromatic rings. The maximum Gasteiger partial charge on any atom is 0.139 e. The minimum atomic E-state index is 0.0984. The summed E-state index contributed by atoms with van der Waals surface area (Å²) in [5, 5.41) is 0. The lowest BCUT2D eigenvalue weighted by Gasteiger charge is -2.18. The van der Waals surface area contributed by atoms with Gasteiger partial charge in [-0.05, 0) is 32.1 Å². The molecule has 0 amide bonds. The number of ketones is 2. The summed E-state index contributed by atoms with van der Waals surface area (Å²) in [6, 6.07) is 0. The van der Waals surface area contributed by atoms with Crippen molar-refractivity contribution in [2.24, 2.45) is 17.8 Å². The van der Waals surface area contributed by atoms with Gasteiger partial charge >= 0.3 is 0 Å². The van der Waals surface area contributed by atoms with Crippen LogP contribution in [-0.4, -0.2) is 11.6 Å². The number of hydrogen-bond donors (Lipinski definition) is 0. The van der Waals surface area contributed by atoms with Gasteiger partial charge in [0, 0.05) is 18.3 Å². The second kappa shape index (κ2) is 2.68. The van der Waals surface area contributed by atoms with Gasteiger partial charge in [-0.3, -0.25) is 4.79 Å². The molecule has 2 heteroatoms. The van der Waals surface area contributed by atoms with Crippen LogP contribution in [-0.2, 0) is 9.59 Å². The summed E-state index contributed by atoms with van der Waals surface area (Å²) in [7, 11) is 0. The van der Waals surface area contributed by atoms with Crippen LogP contribution in [0.4, 0.5) is 0 Å². The van der Waals surface area contributed by atoms with Crippen molar-refractivity contribution in [3.63, 3.8) is 0 Å². The van der Waals surface area contributed by atoms with E-state index in [9.17, 15) is 9.59 Å². The minimum Gasteiger partial charge on any atom is -0.300 e. The SMILES string of the molecule is CC(=O)C[C@H]1C(=O)[C@@H]2CC[C@H]1C2. The molecule has 0 aromatic heterocycles. The first kappa shape index (κ1) is 7.96. The van der Waals surface area contributed by atoms with Crippen molar-refractivity contribution in [3.05, 3.63) is 0 Å². The van der Waals surface area contributed by atoms with Crippen molar-refractivity contribution < 1.29 is 9.59 Å². The van der Waals surface area contributed by atoms with Crippen LogP contribution in [0.5, 0.6) is 0 Å². The first-order valence-corrected chi connectivity index (χ1v) is 4.71. The van der Waals surface area contributed by atoms with Crippen molar-refractivity contribution in [1.82, 2.24) is 0 Å². The molecule has 2 bridgehead atoms. The second-order valence-electron chi connectivity index (χ2n) is 4.19. The normalized spacial score (nSPS) is 39.1. The molecule has 0 aromatic carbocycles. The predicted molar refractivity (Wildman–Crippen MR) is 44.6 cm³/mol. The molecule has 2 aliphatic rings. The van der Waals surface area contributed by atoms with E-state index in [1.54, 1.807) is 6.92 Å². The number of hydrogen-bond acceptors (Lipinski definition) is 2. The van der Waals surface area contributed by atoms with Crippen LogP contribution in [0.3, 0.4) is 0 Å². The Bertz CT molecular complexity index is 232. The molecule has 2 saturated carbocycles. The Morgan fingerprint density at radius 2 is 2.25 bits per heavy atom. The van der Waals surface area contributed by atoms with Gasteiger partial charge < -0.3 is 4.79 Å². The van der Waals surface area contributed by atoms with Gasteiger partial charge in [-0.15, -0.1) is 0 Å². The largest absolute Gasteiger partial charge is 0.300 e. The number of rotatable bonds is 2. The standard InChI is InChI=1S/C10H14O2/c1-6(11)4-9-7-2-3-8(5-7)10(9)12/h7-9H,2-5H2,1H3/t7-,8+,9+/m0/s1. The first-order chi connectivity index (χ1) is 5.68. The predicted octanol–water partition coefficient (Wildman–Crippen LogP) is 1.58. The van der Waals surface area contributed by atoms with E-state index in [0.717, 1.165) is 12.8 Å². The van der Waals surface area contributed by atoms with Gasteiger partial charge in [0.05, 0.1) is 0 Å². The highest BCUT2D eigenvalue weighted by atomic mass is 16.1. The molecule has 0 saturated heterocycles. The smallest absolute Gasteiger partial charge is 0.139 e. The Kier molecular flexibility index (Phi) is 1.78. The van der Waals surface area contributed by atoms with E-state index in [-0.39, 0.29) is 11.7 Å². The minimum absolute atomic E-state index is 0.0984. The molecule has 0 radical (unpaired) electrons. The fourth-order valence-electron chi connectivity index (χ4n) is 2.75. The quantitative estimate of drug-likeness (QED) is 0.624. The van der Waals surface area contributed by atoms with E-state index < -0.39 is 0 Å². The van der Waals surface area contributed by atoms with Crippen molar-refractivity contribution in [2.45, 2.75) is 32.6 Å². The number of carbonyl (C=O) groups excluding carboxylic acids is 2. The molecule has 2 rings (SSSR count). The van der Waals surface area contributed by atoms with Gasteiger partial charge in [0.25, 0.3) is 0 Å². The van der Waals surface area contributed by atoms with Crippen molar-refractivity contribution in [2.75, 3.05) is 0 Å². The lowest BCUT2D eigenvalue weighted by atomic mass is 9.84. The van der Waals surface area contributed by atoms with Crippen LogP contribution < -0.4 is 0 Å². The number of Topliss-reactive ketones (excluding diaryl/α,β-unsaturated/α-hetero) is 2. The lowest BCUT2D eigenvalue weighted by Crippen LogP contribution is -2.23. The summed E-state index contributed by atoms with van der Waals surface area (Å²) in [4.78, 5) is 22.4. The zero-order valence-electron chi connectivity index (χ0n) is 7.38. The molecule has 0 unspecified atom stereocenters. The fraction of sp³-hybridized carbons (Fsp3) is 0.800. The fourth-order valence-corrected chi connectivity index (χ4v) is 2.75. The van der Waals surface area contributed by atoms with Crippen molar-refractivity contribution in [1.29, 1.82) is 0 Å². The highest BCUT2D eigenvalue weighted by Crippen LogP contribution is 2.47. The molecule has 2 fully saturated rings. The molecule has 0 aliphatic heterocycles.